The average molecular weight is 423 g/mol. The van der Waals surface area contributed by atoms with Gasteiger partial charge in [-0.15, -0.1) is 4.52 Å². The molecular weight excluding hydrogens is 402 g/mol. The highest BCUT2D eigenvalue weighted by atomic mass is 31.1. The number of methoxy groups -OCH3 is 1. The standard InChI is InChI=1S/C18H21FN4O5P/c1-26-18(10-19,11-27-29(25)28-14-5-3-2-4-6-14)16(24)9-13-7-8-15-17(20)21-12-22-23(13)15/h2-8,12,16,24H,9-11H2,1H3,(H2,20,21,22)/q+1/t16-,18+/m0/s1. The zero-order valence-electron chi connectivity index (χ0n) is 15.6. The highest BCUT2D eigenvalue weighted by molar-refractivity contribution is 7.33. The van der Waals surface area contributed by atoms with Gasteiger partial charge in [0.05, 0.1) is 6.10 Å². The number of hydrogen-bond acceptors (Lipinski definition) is 8. The van der Waals surface area contributed by atoms with E-state index < -0.39 is 33.2 Å². The van der Waals surface area contributed by atoms with Crippen molar-refractivity contribution in [2.75, 3.05) is 26.1 Å². The van der Waals surface area contributed by atoms with E-state index in [1.54, 1.807) is 42.5 Å². The van der Waals surface area contributed by atoms with Gasteiger partial charge in [0.2, 0.25) is 0 Å². The second-order valence-electron chi connectivity index (χ2n) is 6.29. The molecule has 0 bridgehead atoms. The number of ether oxygens (including phenoxy) is 1. The minimum atomic E-state index is -2.59. The van der Waals surface area contributed by atoms with Crippen LogP contribution in [0.2, 0.25) is 0 Å². The van der Waals surface area contributed by atoms with Crippen molar-refractivity contribution in [1.82, 2.24) is 14.6 Å². The van der Waals surface area contributed by atoms with Crippen LogP contribution < -0.4 is 10.3 Å². The van der Waals surface area contributed by atoms with Gasteiger partial charge in [-0.25, -0.2) is 18.4 Å². The number of hydrogen-bond donors (Lipinski definition) is 2. The number of aromatic nitrogens is 3. The molecule has 11 heteroatoms. The van der Waals surface area contributed by atoms with Crippen LogP contribution in [0, 0.1) is 0 Å². The molecule has 0 fully saturated rings. The molecule has 0 aliphatic carbocycles. The number of benzene rings is 1. The summed E-state index contributed by atoms with van der Waals surface area (Å²) in [7, 11) is -1.35. The molecule has 1 aromatic carbocycles. The molecule has 3 N–H and O–H groups in total. The second-order valence-corrected chi connectivity index (χ2v) is 7.18. The first-order valence-electron chi connectivity index (χ1n) is 8.68. The lowest BCUT2D eigenvalue weighted by atomic mass is 9.95. The smallest absolute Gasteiger partial charge is 0.390 e. The number of fused-ring (bicyclic) bond motifs is 1. The third-order valence-corrected chi connectivity index (χ3v) is 5.24. The Morgan fingerprint density at radius 1 is 1.31 bits per heavy atom. The van der Waals surface area contributed by atoms with E-state index in [2.05, 4.69) is 10.1 Å². The molecule has 0 amide bonds. The fourth-order valence-electron chi connectivity index (χ4n) is 2.77. The lowest BCUT2D eigenvalue weighted by Crippen LogP contribution is -2.51. The van der Waals surface area contributed by atoms with Crippen LogP contribution in [0.1, 0.15) is 5.69 Å². The molecule has 0 spiro atoms. The Kier molecular flexibility index (Phi) is 6.71. The number of anilines is 1. The van der Waals surface area contributed by atoms with Crippen LogP contribution in [0.3, 0.4) is 0 Å². The third-order valence-electron chi connectivity index (χ3n) is 4.54. The van der Waals surface area contributed by atoms with Crippen LogP contribution in [0.15, 0.2) is 48.8 Å². The molecule has 0 saturated heterocycles. The Balaban J connectivity index is 1.69. The van der Waals surface area contributed by atoms with Gasteiger partial charge in [-0.2, -0.15) is 5.10 Å². The monoisotopic (exact) mass is 423 g/mol. The summed E-state index contributed by atoms with van der Waals surface area (Å²) in [5, 5.41) is 14.8. The van der Waals surface area contributed by atoms with Gasteiger partial charge in [0.25, 0.3) is 0 Å². The van der Waals surface area contributed by atoms with Crippen molar-refractivity contribution in [2.24, 2.45) is 0 Å². The highest BCUT2D eigenvalue weighted by Crippen LogP contribution is 2.31. The van der Waals surface area contributed by atoms with Crippen LogP contribution in [-0.4, -0.2) is 51.8 Å². The molecule has 1 unspecified atom stereocenters. The van der Waals surface area contributed by atoms with Gasteiger partial charge in [0.15, 0.2) is 17.2 Å². The number of aliphatic hydroxyl groups excluding tert-OH is 1. The molecule has 0 radical (unpaired) electrons. The fourth-order valence-corrected chi connectivity index (χ4v) is 3.45. The van der Waals surface area contributed by atoms with E-state index in [1.165, 1.54) is 18.0 Å². The minimum Gasteiger partial charge on any atom is -0.390 e. The largest absolute Gasteiger partial charge is 0.750 e. The van der Waals surface area contributed by atoms with Crippen molar-refractivity contribution in [3.63, 3.8) is 0 Å². The molecule has 2 aromatic heterocycles. The summed E-state index contributed by atoms with van der Waals surface area (Å²) in [6, 6.07) is 11.8. The molecule has 0 aliphatic heterocycles. The minimum absolute atomic E-state index is 0.0118. The molecule has 9 nitrogen and oxygen atoms in total. The van der Waals surface area contributed by atoms with Crippen molar-refractivity contribution < 1.29 is 27.8 Å². The number of nitrogens with zero attached hydrogens (tertiary/aromatic N) is 3. The Morgan fingerprint density at radius 3 is 2.76 bits per heavy atom. The van der Waals surface area contributed by atoms with Gasteiger partial charge < -0.3 is 15.6 Å². The SMILES string of the molecule is CO[C@](CF)(CO[P+](=O)Oc1ccccc1)[C@@H](O)Cc1ccc2c(N)ncnn12. The van der Waals surface area contributed by atoms with Gasteiger partial charge in [0.1, 0.15) is 25.1 Å². The Morgan fingerprint density at radius 2 is 2.07 bits per heavy atom. The van der Waals surface area contributed by atoms with E-state index in [9.17, 15) is 14.1 Å². The maximum Gasteiger partial charge on any atom is 0.750 e. The zero-order chi connectivity index (χ0) is 20.9. The lowest BCUT2D eigenvalue weighted by Gasteiger charge is -2.31. The van der Waals surface area contributed by atoms with E-state index in [1.807, 2.05) is 0 Å². The van der Waals surface area contributed by atoms with Crippen molar-refractivity contribution >= 4 is 19.6 Å². The molecule has 0 aliphatic rings. The Labute approximate surface area is 167 Å². The number of nitrogen functional groups attached to an aromatic ring is 1. The van der Waals surface area contributed by atoms with Crippen molar-refractivity contribution in [3.8, 4) is 5.75 Å². The quantitative estimate of drug-likeness (QED) is 0.477. The number of alkyl halides is 1. The van der Waals surface area contributed by atoms with E-state index in [0.29, 0.717) is 17.0 Å². The van der Waals surface area contributed by atoms with Gasteiger partial charge in [-0.05, 0) is 24.3 Å². The molecule has 29 heavy (non-hydrogen) atoms. The third kappa shape index (κ3) is 4.68. The first-order valence-corrected chi connectivity index (χ1v) is 9.78. The van der Waals surface area contributed by atoms with Crippen molar-refractivity contribution in [1.29, 1.82) is 0 Å². The van der Waals surface area contributed by atoms with Gasteiger partial charge in [0, 0.05) is 23.8 Å². The average Bonchev–Trinajstić information content (AvgIpc) is 3.14. The normalized spacial score (nSPS) is 15.1. The topological polar surface area (TPSA) is 121 Å². The van der Waals surface area contributed by atoms with Crippen LogP contribution in [0.25, 0.3) is 5.52 Å². The van der Waals surface area contributed by atoms with Gasteiger partial charge in [-0.1, -0.05) is 18.2 Å². The van der Waals surface area contributed by atoms with Crippen molar-refractivity contribution in [3.05, 3.63) is 54.5 Å². The first kappa shape index (κ1) is 21.1. The summed E-state index contributed by atoms with van der Waals surface area (Å²) in [6.07, 6.45) is -0.0554. The molecule has 3 aromatic rings. The Hall–Kier alpha value is -2.65. The highest BCUT2D eigenvalue weighted by Gasteiger charge is 2.43. The van der Waals surface area contributed by atoms with Gasteiger partial charge >= 0.3 is 8.25 Å². The van der Waals surface area contributed by atoms with Crippen molar-refractivity contribution in [2.45, 2.75) is 18.1 Å². The molecule has 3 atom stereocenters. The number of rotatable bonds is 10. The summed E-state index contributed by atoms with van der Waals surface area (Å²) in [6.45, 7) is -1.55. The zero-order valence-corrected chi connectivity index (χ0v) is 16.5. The number of halogens is 1. The maximum absolute atomic E-state index is 13.9. The van der Waals surface area contributed by atoms with E-state index >= 15 is 0 Å². The number of nitrogens with two attached hydrogens (primary N) is 1. The Bertz CT molecular complexity index is 967. The molecule has 154 valence electrons. The number of para-hydroxylation sites is 1. The van der Waals surface area contributed by atoms with E-state index in [4.69, 9.17) is 19.5 Å². The lowest BCUT2D eigenvalue weighted by molar-refractivity contribution is -0.134. The summed E-state index contributed by atoms with van der Waals surface area (Å²) in [4.78, 5) is 3.90. The van der Waals surface area contributed by atoms with E-state index in [-0.39, 0.29) is 12.2 Å². The molecule has 3 rings (SSSR count). The van der Waals surface area contributed by atoms with Gasteiger partial charge in [-0.3, -0.25) is 0 Å². The predicted octanol–water partition coefficient (Wildman–Crippen LogP) is 2.32. The summed E-state index contributed by atoms with van der Waals surface area (Å²) < 4.78 is 43.0. The summed E-state index contributed by atoms with van der Waals surface area (Å²) in [5.41, 5.74) is 5.19. The maximum atomic E-state index is 13.9. The second kappa shape index (κ2) is 9.23. The molecule has 0 saturated carbocycles. The van der Waals surface area contributed by atoms with Crippen LogP contribution in [0.5, 0.6) is 5.75 Å². The fraction of sp³-hybridized carbons (Fsp3) is 0.333. The van der Waals surface area contributed by atoms with Crippen LogP contribution in [0.4, 0.5) is 10.2 Å². The first-order chi connectivity index (χ1) is 14.0. The summed E-state index contributed by atoms with van der Waals surface area (Å²) >= 11 is 0. The number of aliphatic hydroxyl groups is 1. The molecule has 2 heterocycles. The van der Waals surface area contributed by atoms with E-state index in [0.717, 1.165) is 0 Å². The summed E-state index contributed by atoms with van der Waals surface area (Å²) in [5.74, 6) is 0.622. The molecular formula is C18H21FN4O5P+. The predicted molar refractivity (Wildman–Crippen MR) is 103 cm³/mol. The van der Waals surface area contributed by atoms with Crippen LogP contribution in [-0.2, 0) is 20.2 Å². The van der Waals surface area contributed by atoms with Crippen LogP contribution >= 0.6 is 8.25 Å².